The van der Waals surface area contributed by atoms with Crippen molar-refractivity contribution in [2.75, 3.05) is 11.9 Å². The normalized spacial score (nSPS) is 10.7. The molecular weight excluding hydrogens is 280 g/mol. The van der Waals surface area contributed by atoms with Crippen LogP contribution >= 0.6 is 23.8 Å². The zero-order valence-electron chi connectivity index (χ0n) is 11.0. The summed E-state index contributed by atoms with van der Waals surface area (Å²) >= 11 is 11.2. The van der Waals surface area contributed by atoms with Crippen LogP contribution in [0.3, 0.4) is 0 Å². The summed E-state index contributed by atoms with van der Waals surface area (Å²) < 4.78 is 2.07. The van der Waals surface area contributed by atoms with Crippen molar-refractivity contribution in [3.8, 4) is 0 Å². The number of nitrogens with zero attached hydrogens (tertiary/aromatic N) is 2. The predicted octanol–water partition coefficient (Wildman–Crippen LogP) is 3.41. The maximum Gasteiger partial charge on any atom is 0.210 e. The highest BCUT2D eigenvalue weighted by atomic mass is 35.5. The van der Waals surface area contributed by atoms with Gasteiger partial charge in [-0.3, -0.25) is 0 Å². The molecule has 4 nitrogen and oxygen atoms in total. The molecule has 2 rings (SSSR count). The van der Waals surface area contributed by atoms with E-state index in [2.05, 4.69) is 34.0 Å². The first-order valence-corrected chi connectivity index (χ1v) is 7.15. The van der Waals surface area contributed by atoms with Gasteiger partial charge in [0.1, 0.15) is 0 Å². The number of imidazole rings is 1. The summed E-state index contributed by atoms with van der Waals surface area (Å²) in [5.41, 5.74) is 1.92. The van der Waals surface area contributed by atoms with Gasteiger partial charge in [-0.1, -0.05) is 18.5 Å². The number of halogens is 1. The molecule has 1 heterocycles. The SMILES string of the molecule is CCCNC(=S)Nc1nc2cc(Cl)ccc2n1CC. The lowest BCUT2D eigenvalue weighted by Crippen LogP contribution is -2.30. The van der Waals surface area contributed by atoms with Crippen LogP contribution in [0.5, 0.6) is 0 Å². The molecule has 0 saturated carbocycles. The van der Waals surface area contributed by atoms with Crippen molar-refractivity contribution >= 4 is 45.9 Å². The van der Waals surface area contributed by atoms with Crippen LogP contribution in [-0.2, 0) is 6.54 Å². The average molecular weight is 297 g/mol. The Labute approximate surface area is 123 Å². The lowest BCUT2D eigenvalue weighted by Gasteiger charge is -2.10. The van der Waals surface area contributed by atoms with Crippen LogP contribution in [0.2, 0.25) is 5.02 Å². The van der Waals surface area contributed by atoms with E-state index >= 15 is 0 Å². The topological polar surface area (TPSA) is 41.9 Å². The number of rotatable bonds is 4. The molecule has 6 heteroatoms. The number of aromatic nitrogens is 2. The monoisotopic (exact) mass is 296 g/mol. The Kier molecular flexibility index (Phi) is 4.61. The molecular formula is C13H17ClN4S. The van der Waals surface area contributed by atoms with Crippen molar-refractivity contribution in [2.24, 2.45) is 0 Å². The van der Waals surface area contributed by atoms with Gasteiger partial charge in [0, 0.05) is 18.1 Å². The third kappa shape index (κ3) is 3.16. The number of benzene rings is 1. The molecule has 0 amide bonds. The Morgan fingerprint density at radius 3 is 2.89 bits per heavy atom. The lowest BCUT2D eigenvalue weighted by atomic mass is 10.3. The minimum absolute atomic E-state index is 0.595. The zero-order chi connectivity index (χ0) is 13.8. The number of hydrogen-bond donors (Lipinski definition) is 2. The van der Waals surface area contributed by atoms with Crippen molar-refractivity contribution in [3.05, 3.63) is 23.2 Å². The molecule has 0 fully saturated rings. The Balaban J connectivity index is 2.29. The highest BCUT2D eigenvalue weighted by Crippen LogP contribution is 2.22. The molecule has 0 saturated heterocycles. The summed E-state index contributed by atoms with van der Waals surface area (Å²) in [5, 5.41) is 7.54. The average Bonchev–Trinajstić information content (AvgIpc) is 2.72. The fourth-order valence-corrected chi connectivity index (χ4v) is 2.26. The van der Waals surface area contributed by atoms with Crippen LogP contribution in [0.15, 0.2) is 18.2 Å². The van der Waals surface area contributed by atoms with E-state index in [1.165, 1.54) is 0 Å². The standard InChI is InChI=1S/C13H17ClN4S/c1-3-7-15-13(19)17-12-16-10-8-9(14)5-6-11(10)18(12)4-2/h5-6,8H,3-4,7H2,1-2H3,(H2,15,16,17,19). The van der Waals surface area contributed by atoms with E-state index in [-0.39, 0.29) is 0 Å². The molecule has 0 aliphatic carbocycles. The molecule has 0 bridgehead atoms. The Morgan fingerprint density at radius 1 is 1.42 bits per heavy atom. The van der Waals surface area contributed by atoms with Gasteiger partial charge >= 0.3 is 0 Å². The fraction of sp³-hybridized carbons (Fsp3) is 0.385. The van der Waals surface area contributed by atoms with Crippen molar-refractivity contribution < 1.29 is 0 Å². The fourth-order valence-electron chi connectivity index (χ4n) is 1.90. The first kappa shape index (κ1) is 14.1. The van der Waals surface area contributed by atoms with Crippen molar-refractivity contribution in [1.29, 1.82) is 0 Å². The summed E-state index contributed by atoms with van der Waals surface area (Å²) in [6.07, 6.45) is 1.03. The molecule has 0 aliphatic rings. The molecule has 0 atom stereocenters. The highest BCUT2D eigenvalue weighted by Gasteiger charge is 2.10. The van der Waals surface area contributed by atoms with E-state index in [0.717, 1.165) is 36.5 Å². The summed E-state index contributed by atoms with van der Waals surface area (Å²) in [7, 11) is 0. The van der Waals surface area contributed by atoms with Crippen LogP contribution in [0, 0.1) is 0 Å². The summed E-state index contributed by atoms with van der Waals surface area (Å²) in [6, 6.07) is 5.70. The molecule has 0 aliphatic heterocycles. The van der Waals surface area contributed by atoms with Gasteiger partial charge in [-0.15, -0.1) is 0 Å². The second kappa shape index (κ2) is 6.21. The van der Waals surface area contributed by atoms with E-state index in [1.54, 1.807) is 0 Å². The second-order valence-corrected chi connectivity index (χ2v) is 5.04. The van der Waals surface area contributed by atoms with E-state index in [4.69, 9.17) is 23.8 Å². The van der Waals surface area contributed by atoms with Crippen LogP contribution in [-0.4, -0.2) is 21.2 Å². The summed E-state index contributed by atoms with van der Waals surface area (Å²) in [6.45, 7) is 5.84. The molecule has 0 spiro atoms. The van der Waals surface area contributed by atoms with E-state index < -0.39 is 0 Å². The molecule has 0 unspecified atom stereocenters. The summed E-state index contributed by atoms with van der Waals surface area (Å²) in [4.78, 5) is 4.53. The molecule has 102 valence electrons. The number of nitrogens with one attached hydrogen (secondary N) is 2. The first-order valence-electron chi connectivity index (χ1n) is 6.36. The number of aryl methyl sites for hydroxylation is 1. The lowest BCUT2D eigenvalue weighted by molar-refractivity contribution is 0.794. The number of anilines is 1. The number of thiocarbonyl (C=S) groups is 1. The Hall–Kier alpha value is -1.33. The molecule has 2 aromatic rings. The third-order valence-electron chi connectivity index (χ3n) is 2.79. The minimum atomic E-state index is 0.595. The molecule has 0 radical (unpaired) electrons. The van der Waals surface area contributed by atoms with Gasteiger partial charge in [0.25, 0.3) is 0 Å². The van der Waals surface area contributed by atoms with Gasteiger partial charge in [-0.2, -0.15) is 0 Å². The maximum absolute atomic E-state index is 5.99. The number of hydrogen-bond acceptors (Lipinski definition) is 2. The van der Waals surface area contributed by atoms with Gasteiger partial charge in [0.15, 0.2) is 5.11 Å². The zero-order valence-corrected chi connectivity index (χ0v) is 12.6. The van der Waals surface area contributed by atoms with Crippen LogP contribution in [0.4, 0.5) is 5.95 Å². The molecule has 1 aromatic carbocycles. The number of fused-ring (bicyclic) bond motifs is 1. The molecule has 2 N–H and O–H groups in total. The first-order chi connectivity index (χ1) is 9.15. The molecule has 1 aromatic heterocycles. The van der Waals surface area contributed by atoms with Crippen molar-refractivity contribution in [3.63, 3.8) is 0 Å². The van der Waals surface area contributed by atoms with Gasteiger partial charge in [0.05, 0.1) is 11.0 Å². The van der Waals surface area contributed by atoms with Gasteiger partial charge < -0.3 is 15.2 Å². The molecule has 19 heavy (non-hydrogen) atoms. The van der Waals surface area contributed by atoms with Crippen molar-refractivity contribution in [2.45, 2.75) is 26.8 Å². The second-order valence-electron chi connectivity index (χ2n) is 4.19. The van der Waals surface area contributed by atoms with E-state index in [1.807, 2.05) is 18.2 Å². The largest absolute Gasteiger partial charge is 0.362 e. The predicted molar refractivity (Wildman–Crippen MR) is 84.9 cm³/mol. The maximum atomic E-state index is 5.99. The van der Waals surface area contributed by atoms with Crippen LogP contribution in [0.1, 0.15) is 20.3 Å². The van der Waals surface area contributed by atoms with Gasteiger partial charge in [-0.25, -0.2) is 4.98 Å². The summed E-state index contributed by atoms with van der Waals surface area (Å²) in [5.74, 6) is 0.744. The van der Waals surface area contributed by atoms with Gasteiger partial charge in [-0.05, 0) is 43.8 Å². The van der Waals surface area contributed by atoms with Crippen LogP contribution in [0.25, 0.3) is 11.0 Å². The Bertz CT molecular complexity index is 594. The van der Waals surface area contributed by atoms with Crippen molar-refractivity contribution in [1.82, 2.24) is 14.9 Å². The highest BCUT2D eigenvalue weighted by molar-refractivity contribution is 7.80. The van der Waals surface area contributed by atoms with E-state index in [0.29, 0.717) is 10.1 Å². The smallest absolute Gasteiger partial charge is 0.210 e. The van der Waals surface area contributed by atoms with E-state index in [9.17, 15) is 0 Å². The third-order valence-corrected chi connectivity index (χ3v) is 3.27. The van der Waals surface area contributed by atoms with Crippen LogP contribution < -0.4 is 10.6 Å². The minimum Gasteiger partial charge on any atom is -0.362 e. The quantitative estimate of drug-likeness (QED) is 0.849. The van der Waals surface area contributed by atoms with Gasteiger partial charge in [0.2, 0.25) is 5.95 Å². The Morgan fingerprint density at radius 2 is 2.21 bits per heavy atom.